The van der Waals surface area contributed by atoms with Crippen molar-refractivity contribution in [3.8, 4) is 22.8 Å². The minimum absolute atomic E-state index is 0.128. The average Bonchev–Trinajstić information content (AvgIpc) is 3.12. The molecule has 2 aromatic carbocycles. The molecule has 4 aromatic rings. The Hall–Kier alpha value is -2.86. The first-order valence-electron chi connectivity index (χ1n) is 7.35. The number of nitrogens with one attached hydrogen (secondary N) is 1. The molecule has 0 saturated carbocycles. The number of hydrogen-bond acceptors (Lipinski definition) is 5. The molecule has 0 amide bonds. The topological polar surface area (TPSA) is 71.8 Å². The van der Waals surface area contributed by atoms with Crippen LogP contribution in [0.4, 0.5) is 0 Å². The maximum Gasteiger partial charge on any atom is 0.263 e. The molecule has 1 N–H and O–H groups in total. The van der Waals surface area contributed by atoms with E-state index in [0.717, 1.165) is 16.0 Å². The summed E-state index contributed by atoms with van der Waals surface area (Å²) in [5.41, 5.74) is 1.86. The second-order valence-electron chi connectivity index (χ2n) is 5.23. The predicted octanol–water partition coefficient (Wildman–Crippen LogP) is 3.97. The molecule has 0 spiro atoms. The lowest BCUT2D eigenvalue weighted by Crippen LogP contribution is -2.06. The molecule has 0 radical (unpaired) electrons. The van der Waals surface area contributed by atoms with Gasteiger partial charge in [-0.2, -0.15) is 4.98 Å². The van der Waals surface area contributed by atoms with Crippen molar-refractivity contribution in [3.63, 3.8) is 0 Å². The quantitative estimate of drug-likeness (QED) is 0.574. The molecular weight excluding hydrogens is 322 g/mol. The Morgan fingerprint density at radius 3 is 2.67 bits per heavy atom. The number of fused-ring (bicyclic) bond motifs is 1. The molecule has 4 rings (SSSR count). The fraction of sp³-hybridized carbons (Fsp3) is 0.0556. The monoisotopic (exact) mass is 335 g/mol. The van der Waals surface area contributed by atoms with Gasteiger partial charge in [0.1, 0.15) is 5.56 Å². The number of aromatic amines is 1. The SMILES string of the molecule is CSc1ccc(-c2noc(-c3c[nH]c4ccccc4c3=O)n2)cc1. The van der Waals surface area contributed by atoms with Crippen LogP contribution < -0.4 is 5.43 Å². The number of aromatic nitrogens is 3. The van der Waals surface area contributed by atoms with E-state index in [1.54, 1.807) is 24.0 Å². The summed E-state index contributed by atoms with van der Waals surface area (Å²) in [7, 11) is 0. The summed E-state index contributed by atoms with van der Waals surface area (Å²) in [5.74, 6) is 0.677. The Labute approximate surface area is 141 Å². The van der Waals surface area contributed by atoms with Gasteiger partial charge in [-0.3, -0.25) is 4.79 Å². The smallest absolute Gasteiger partial charge is 0.263 e. The summed E-state index contributed by atoms with van der Waals surface area (Å²) in [6.45, 7) is 0. The molecule has 0 aliphatic carbocycles. The number of pyridine rings is 1. The Morgan fingerprint density at radius 1 is 1.08 bits per heavy atom. The largest absolute Gasteiger partial charge is 0.360 e. The molecule has 2 heterocycles. The van der Waals surface area contributed by atoms with E-state index in [-0.39, 0.29) is 11.3 Å². The van der Waals surface area contributed by atoms with E-state index in [1.165, 1.54) is 0 Å². The molecule has 0 unspecified atom stereocenters. The molecule has 6 heteroatoms. The highest BCUT2D eigenvalue weighted by Crippen LogP contribution is 2.23. The molecule has 0 bridgehead atoms. The third-order valence-electron chi connectivity index (χ3n) is 3.79. The first-order chi connectivity index (χ1) is 11.8. The summed E-state index contributed by atoms with van der Waals surface area (Å²) in [4.78, 5) is 21.2. The van der Waals surface area contributed by atoms with Crippen LogP contribution in [0.3, 0.4) is 0 Å². The van der Waals surface area contributed by atoms with E-state index in [4.69, 9.17) is 4.52 Å². The lowest BCUT2D eigenvalue weighted by atomic mass is 10.1. The van der Waals surface area contributed by atoms with Crippen LogP contribution in [0.5, 0.6) is 0 Å². The van der Waals surface area contributed by atoms with Crippen LogP contribution in [0, 0.1) is 0 Å². The number of nitrogens with zero attached hydrogens (tertiary/aromatic N) is 2. The molecule has 2 aromatic heterocycles. The van der Waals surface area contributed by atoms with Gasteiger partial charge in [0.05, 0.1) is 0 Å². The first-order valence-corrected chi connectivity index (χ1v) is 8.57. The Morgan fingerprint density at radius 2 is 1.88 bits per heavy atom. The third-order valence-corrected chi connectivity index (χ3v) is 4.54. The van der Waals surface area contributed by atoms with Gasteiger partial charge in [-0.15, -0.1) is 11.8 Å². The second-order valence-corrected chi connectivity index (χ2v) is 6.11. The maximum absolute atomic E-state index is 12.6. The number of para-hydroxylation sites is 1. The maximum atomic E-state index is 12.6. The lowest BCUT2D eigenvalue weighted by molar-refractivity contribution is 0.432. The van der Waals surface area contributed by atoms with Gasteiger partial charge in [-0.05, 0) is 42.7 Å². The van der Waals surface area contributed by atoms with E-state index in [2.05, 4.69) is 15.1 Å². The van der Waals surface area contributed by atoms with Crippen LogP contribution in [-0.2, 0) is 0 Å². The van der Waals surface area contributed by atoms with Gasteiger partial charge in [0.25, 0.3) is 5.89 Å². The van der Waals surface area contributed by atoms with Crippen LogP contribution >= 0.6 is 11.8 Å². The molecule has 0 fully saturated rings. The molecule has 0 aliphatic heterocycles. The van der Waals surface area contributed by atoms with E-state index in [0.29, 0.717) is 16.8 Å². The normalized spacial score (nSPS) is 11.0. The summed E-state index contributed by atoms with van der Waals surface area (Å²) in [6.07, 6.45) is 3.63. The van der Waals surface area contributed by atoms with Crippen LogP contribution in [-0.4, -0.2) is 21.4 Å². The van der Waals surface area contributed by atoms with Crippen LogP contribution in [0.25, 0.3) is 33.7 Å². The van der Waals surface area contributed by atoms with Gasteiger partial charge in [0.15, 0.2) is 0 Å². The van der Waals surface area contributed by atoms with Crippen molar-refractivity contribution in [1.82, 2.24) is 15.1 Å². The zero-order chi connectivity index (χ0) is 16.5. The minimum atomic E-state index is -0.128. The number of rotatable bonds is 3. The number of thioether (sulfide) groups is 1. The summed E-state index contributed by atoms with van der Waals surface area (Å²) < 4.78 is 5.31. The highest BCUT2D eigenvalue weighted by Gasteiger charge is 2.15. The number of benzene rings is 2. The molecule has 0 atom stereocenters. The van der Waals surface area contributed by atoms with E-state index in [1.807, 2.05) is 48.7 Å². The fourth-order valence-electron chi connectivity index (χ4n) is 2.52. The second kappa shape index (κ2) is 5.98. The zero-order valence-corrected chi connectivity index (χ0v) is 13.6. The molecule has 118 valence electrons. The number of H-pyrrole nitrogens is 1. The molecule has 0 saturated heterocycles. The highest BCUT2D eigenvalue weighted by atomic mass is 32.2. The third kappa shape index (κ3) is 2.51. The van der Waals surface area contributed by atoms with E-state index in [9.17, 15) is 4.79 Å². The molecule has 5 nitrogen and oxygen atoms in total. The van der Waals surface area contributed by atoms with Crippen molar-refractivity contribution in [2.24, 2.45) is 0 Å². The van der Waals surface area contributed by atoms with Gasteiger partial charge in [0.2, 0.25) is 11.3 Å². The zero-order valence-electron chi connectivity index (χ0n) is 12.8. The van der Waals surface area contributed by atoms with Crippen LogP contribution in [0.15, 0.2) is 68.9 Å². The first kappa shape index (κ1) is 14.7. The summed E-state index contributed by atoms with van der Waals surface area (Å²) in [5, 5.41) is 4.59. The Bertz CT molecular complexity index is 1070. The molecular formula is C18H13N3O2S. The predicted molar refractivity (Wildman–Crippen MR) is 95.1 cm³/mol. The van der Waals surface area contributed by atoms with Crippen LogP contribution in [0.1, 0.15) is 0 Å². The molecule has 0 aliphatic rings. The lowest BCUT2D eigenvalue weighted by Gasteiger charge is -1.99. The van der Waals surface area contributed by atoms with Crippen molar-refractivity contribution in [3.05, 3.63) is 65.0 Å². The summed E-state index contributed by atoms with van der Waals surface area (Å²) >= 11 is 1.67. The van der Waals surface area contributed by atoms with E-state index >= 15 is 0 Å². The van der Waals surface area contributed by atoms with E-state index < -0.39 is 0 Å². The summed E-state index contributed by atoms with van der Waals surface area (Å²) in [6, 6.07) is 15.2. The molecule has 24 heavy (non-hydrogen) atoms. The van der Waals surface area contributed by atoms with Crippen molar-refractivity contribution in [2.75, 3.05) is 6.26 Å². The Balaban J connectivity index is 1.77. The highest BCUT2D eigenvalue weighted by molar-refractivity contribution is 7.98. The van der Waals surface area contributed by atoms with Gasteiger partial charge in [-0.25, -0.2) is 0 Å². The Kier molecular flexibility index (Phi) is 3.66. The van der Waals surface area contributed by atoms with Gasteiger partial charge >= 0.3 is 0 Å². The number of hydrogen-bond donors (Lipinski definition) is 1. The van der Waals surface area contributed by atoms with Crippen molar-refractivity contribution in [2.45, 2.75) is 4.90 Å². The fourth-order valence-corrected chi connectivity index (χ4v) is 2.92. The van der Waals surface area contributed by atoms with Gasteiger partial charge in [0, 0.05) is 27.6 Å². The standard InChI is InChI=1S/C18H13N3O2S/c1-24-12-8-6-11(7-9-12)17-20-18(23-21-17)14-10-19-15-5-3-2-4-13(15)16(14)22/h2-10H,1H3,(H,19,22). The van der Waals surface area contributed by atoms with Crippen molar-refractivity contribution in [1.29, 1.82) is 0 Å². The van der Waals surface area contributed by atoms with Crippen molar-refractivity contribution >= 4 is 22.7 Å². The van der Waals surface area contributed by atoms with Crippen LogP contribution in [0.2, 0.25) is 0 Å². The van der Waals surface area contributed by atoms with Gasteiger partial charge < -0.3 is 9.51 Å². The minimum Gasteiger partial charge on any atom is -0.360 e. The van der Waals surface area contributed by atoms with Gasteiger partial charge in [-0.1, -0.05) is 17.3 Å². The average molecular weight is 335 g/mol. The van der Waals surface area contributed by atoms with Crippen molar-refractivity contribution < 1.29 is 4.52 Å².